The van der Waals surface area contributed by atoms with Crippen molar-refractivity contribution in [3.8, 4) is 0 Å². The Kier molecular flexibility index (Phi) is 4.25. The van der Waals surface area contributed by atoms with Gasteiger partial charge in [0.05, 0.1) is 29.6 Å². The van der Waals surface area contributed by atoms with Crippen LogP contribution in [0.25, 0.3) is 11.0 Å². The second kappa shape index (κ2) is 5.72. The van der Waals surface area contributed by atoms with Crippen LogP contribution in [0.15, 0.2) is 18.2 Å². The summed E-state index contributed by atoms with van der Waals surface area (Å²) in [6, 6.07) is 6.26. The van der Waals surface area contributed by atoms with Gasteiger partial charge in [-0.05, 0) is 38.5 Å². The topological polar surface area (TPSA) is 27.1 Å². The van der Waals surface area contributed by atoms with Gasteiger partial charge in [-0.2, -0.15) is 0 Å². The van der Waals surface area contributed by atoms with Gasteiger partial charge in [0.2, 0.25) is 0 Å². The molecule has 0 atom stereocenters. The van der Waals surface area contributed by atoms with Gasteiger partial charge in [0.15, 0.2) is 0 Å². The van der Waals surface area contributed by atoms with Gasteiger partial charge in [-0.3, -0.25) is 0 Å². The zero-order valence-electron chi connectivity index (χ0n) is 11.1. The lowest BCUT2D eigenvalue weighted by molar-refractivity contribution is 0.0729. The number of rotatable bonds is 5. The highest BCUT2D eigenvalue weighted by Gasteiger charge is 2.10. The molecule has 2 rings (SSSR count). The Labute approximate surface area is 113 Å². The van der Waals surface area contributed by atoms with Crippen molar-refractivity contribution in [2.75, 3.05) is 6.61 Å². The molecule has 0 unspecified atom stereocenters. The Hall–Kier alpha value is -1.06. The van der Waals surface area contributed by atoms with Crippen molar-refractivity contribution in [2.24, 2.45) is 0 Å². The Morgan fingerprint density at radius 1 is 1.39 bits per heavy atom. The van der Waals surface area contributed by atoms with E-state index in [1.807, 2.05) is 19.9 Å². The molecule has 1 heterocycles. The zero-order chi connectivity index (χ0) is 13.1. The van der Waals surface area contributed by atoms with Gasteiger partial charge in [-0.1, -0.05) is 6.07 Å². The Balaban J connectivity index is 2.30. The summed E-state index contributed by atoms with van der Waals surface area (Å²) < 4.78 is 7.75. The second-order valence-electron chi connectivity index (χ2n) is 4.73. The number of hydrogen-bond acceptors (Lipinski definition) is 2. The van der Waals surface area contributed by atoms with Gasteiger partial charge >= 0.3 is 0 Å². The molecule has 98 valence electrons. The maximum atomic E-state index is 5.96. The molecule has 0 saturated carbocycles. The van der Waals surface area contributed by atoms with Crippen LogP contribution in [-0.4, -0.2) is 22.3 Å². The molecular formula is C14H19ClN2O. The first-order chi connectivity index (χ1) is 8.61. The minimum atomic E-state index is 0.251. The molecule has 1 aromatic heterocycles. The van der Waals surface area contributed by atoms with Gasteiger partial charge in [0.25, 0.3) is 0 Å². The van der Waals surface area contributed by atoms with E-state index in [1.54, 1.807) is 0 Å². The molecule has 18 heavy (non-hydrogen) atoms. The van der Waals surface area contributed by atoms with Crippen LogP contribution in [0.2, 0.25) is 0 Å². The Morgan fingerprint density at radius 2 is 2.17 bits per heavy atom. The fourth-order valence-electron chi connectivity index (χ4n) is 2.01. The summed E-state index contributed by atoms with van der Waals surface area (Å²) in [4.78, 5) is 4.55. The molecular weight excluding hydrogens is 248 g/mol. The highest BCUT2D eigenvalue weighted by Crippen LogP contribution is 2.19. The number of benzene rings is 1. The molecule has 0 aliphatic rings. The summed E-state index contributed by atoms with van der Waals surface area (Å²) in [5.41, 5.74) is 3.37. The molecule has 1 aromatic carbocycles. The van der Waals surface area contributed by atoms with Crippen LogP contribution in [0.4, 0.5) is 0 Å². The molecule has 0 aliphatic carbocycles. The quantitative estimate of drug-likeness (QED) is 0.775. The lowest BCUT2D eigenvalue weighted by Crippen LogP contribution is -2.12. The van der Waals surface area contributed by atoms with Crippen LogP contribution in [0.1, 0.15) is 25.2 Å². The second-order valence-corrected chi connectivity index (χ2v) is 4.99. The maximum Gasteiger partial charge on any atom is 0.124 e. The first-order valence-corrected chi connectivity index (χ1v) is 6.78. The van der Waals surface area contributed by atoms with E-state index in [4.69, 9.17) is 16.3 Å². The number of fused-ring (bicyclic) bond motifs is 1. The average molecular weight is 267 g/mol. The minimum Gasteiger partial charge on any atom is -0.377 e. The number of aryl methyl sites for hydroxylation is 1. The number of hydrogen-bond donors (Lipinski definition) is 0. The van der Waals surface area contributed by atoms with Crippen LogP contribution in [0, 0.1) is 6.92 Å². The summed E-state index contributed by atoms with van der Waals surface area (Å²) >= 11 is 5.96. The van der Waals surface area contributed by atoms with Crippen LogP contribution < -0.4 is 0 Å². The maximum absolute atomic E-state index is 5.96. The number of nitrogens with zero attached hydrogens (tertiary/aromatic N) is 2. The molecule has 0 fully saturated rings. The van der Waals surface area contributed by atoms with E-state index in [2.05, 4.69) is 28.6 Å². The van der Waals surface area contributed by atoms with Gasteiger partial charge in [0, 0.05) is 6.54 Å². The van der Waals surface area contributed by atoms with Crippen molar-refractivity contribution >= 4 is 22.6 Å². The molecule has 0 bridgehead atoms. The van der Waals surface area contributed by atoms with Gasteiger partial charge in [0.1, 0.15) is 5.82 Å². The smallest absolute Gasteiger partial charge is 0.124 e. The van der Waals surface area contributed by atoms with Gasteiger partial charge in [-0.15, -0.1) is 11.6 Å². The molecule has 0 saturated heterocycles. The van der Waals surface area contributed by atoms with Crippen molar-refractivity contribution < 1.29 is 4.74 Å². The van der Waals surface area contributed by atoms with Crippen LogP contribution >= 0.6 is 11.6 Å². The third-order valence-electron chi connectivity index (χ3n) is 2.87. The normalized spacial score (nSPS) is 11.6. The standard InChI is InChI=1S/C14H19ClN2O/c1-10(2)18-7-6-17-13-8-11(3)4-5-12(13)16-14(17)9-15/h4-5,8,10H,6-7,9H2,1-3H3. The van der Waals surface area contributed by atoms with Crippen molar-refractivity contribution in [2.45, 2.75) is 39.3 Å². The molecule has 0 amide bonds. The van der Waals surface area contributed by atoms with Crippen LogP contribution in [0.3, 0.4) is 0 Å². The van der Waals surface area contributed by atoms with Gasteiger partial charge < -0.3 is 9.30 Å². The summed E-state index contributed by atoms with van der Waals surface area (Å²) in [6.45, 7) is 7.64. The van der Waals surface area contributed by atoms with E-state index < -0.39 is 0 Å². The SMILES string of the molecule is Cc1ccc2nc(CCl)n(CCOC(C)C)c2c1. The predicted octanol–water partition coefficient (Wildman–Crippen LogP) is 3.51. The average Bonchev–Trinajstić information content (AvgIpc) is 2.66. The first-order valence-electron chi connectivity index (χ1n) is 6.25. The van der Waals surface area contributed by atoms with E-state index in [0.29, 0.717) is 12.5 Å². The largest absolute Gasteiger partial charge is 0.377 e. The highest BCUT2D eigenvalue weighted by molar-refractivity contribution is 6.16. The molecule has 4 heteroatoms. The predicted molar refractivity (Wildman–Crippen MR) is 75.1 cm³/mol. The van der Waals surface area contributed by atoms with E-state index in [0.717, 1.165) is 23.4 Å². The summed E-state index contributed by atoms with van der Waals surface area (Å²) in [7, 11) is 0. The Bertz CT molecular complexity index is 534. The summed E-state index contributed by atoms with van der Waals surface area (Å²) in [5, 5.41) is 0. The van der Waals surface area contributed by atoms with E-state index >= 15 is 0 Å². The Morgan fingerprint density at radius 3 is 2.83 bits per heavy atom. The number of alkyl halides is 1. The molecule has 0 radical (unpaired) electrons. The fourth-order valence-corrected chi connectivity index (χ4v) is 2.22. The molecule has 0 spiro atoms. The van der Waals surface area contributed by atoms with Crippen LogP contribution in [0.5, 0.6) is 0 Å². The number of aromatic nitrogens is 2. The summed E-state index contributed by atoms with van der Waals surface area (Å²) in [5.74, 6) is 1.33. The lowest BCUT2D eigenvalue weighted by atomic mass is 10.2. The van der Waals surface area contributed by atoms with Crippen molar-refractivity contribution in [3.05, 3.63) is 29.6 Å². The first kappa shape index (κ1) is 13.4. The fraction of sp³-hybridized carbons (Fsp3) is 0.500. The summed E-state index contributed by atoms with van der Waals surface area (Å²) in [6.07, 6.45) is 0.251. The number of halogens is 1. The molecule has 0 aliphatic heterocycles. The third kappa shape index (κ3) is 2.85. The van der Waals surface area contributed by atoms with Gasteiger partial charge in [-0.25, -0.2) is 4.98 Å². The minimum absolute atomic E-state index is 0.251. The monoisotopic (exact) mass is 266 g/mol. The van der Waals surface area contributed by atoms with Crippen LogP contribution in [-0.2, 0) is 17.2 Å². The lowest BCUT2D eigenvalue weighted by Gasteiger charge is -2.10. The number of imidazole rings is 1. The van der Waals surface area contributed by atoms with E-state index in [1.165, 1.54) is 5.56 Å². The van der Waals surface area contributed by atoms with E-state index in [-0.39, 0.29) is 6.10 Å². The van der Waals surface area contributed by atoms with Crippen molar-refractivity contribution in [1.29, 1.82) is 0 Å². The molecule has 0 N–H and O–H groups in total. The number of ether oxygens (including phenoxy) is 1. The zero-order valence-corrected chi connectivity index (χ0v) is 11.9. The third-order valence-corrected chi connectivity index (χ3v) is 3.11. The molecule has 2 aromatic rings. The van der Waals surface area contributed by atoms with E-state index in [9.17, 15) is 0 Å². The molecule has 3 nitrogen and oxygen atoms in total. The van der Waals surface area contributed by atoms with Crippen molar-refractivity contribution in [3.63, 3.8) is 0 Å². The van der Waals surface area contributed by atoms with Crippen molar-refractivity contribution in [1.82, 2.24) is 9.55 Å². The highest BCUT2D eigenvalue weighted by atomic mass is 35.5.